The van der Waals surface area contributed by atoms with Gasteiger partial charge in [0.25, 0.3) is 0 Å². The molecule has 0 saturated heterocycles. The van der Waals surface area contributed by atoms with Crippen LogP contribution in [0.2, 0.25) is 10.0 Å². The number of nitriles is 1. The van der Waals surface area contributed by atoms with Crippen molar-refractivity contribution in [3.63, 3.8) is 0 Å². The molecule has 0 heterocycles. The normalized spacial score (nSPS) is 12.0. The molecule has 3 aromatic carbocycles. The lowest BCUT2D eigenvalue weighted by atomic mass is 9.93. The van der Waals surface area contributed by atoms with E-state index in [4.69, 9.17) is 37.4 Å². The highest BCUT2D eigenvalue weighted by Crippen LogP contribution is 2.38. The van der Waals surface area contributed by atoms with Crippen molar-refractivity contribution in [2.45, 2.75) is 25.1 Å². The fourth-order valence-corrected chi connectivity index (χ4v) is 3.70. The zero-order valence-corrected chi connectivity index (χ0v) is 20.5. The predicted octanol–water partition coefficient (Wildman–Crippen LogP) is 7.60. The largest absolute Gasteiger partial charge is 0.491 e. The van der Waals surface area contributed by atoms with E-state index in [0.29, 0.717) is 12.2 Å². The van der Waals surface area contributed by atoms with Crippen molar-refractivity contribution >= 4 is 29.0 Å². The minimum Gasteiger partial charge on any atom is -0.491 e. The van der Waals surface area contributed by atoms with Gasteiger partial charge in [-0.15, -0.1) is 0 Å². The number of halogens is 5. The van der Waals surface area contributed by atoms with Crippen LogP contribution in [0, 0.1) is 11.3 Å². The first-order chi connectivity index (χ1) is 17.1. The van der Waals surface area contributed by atoms with E-state index in [1.807, 2.05) is 12.1 Å². The topological polar surface area (TPSA) is 68.5 Å². The van der Waals surface area contributed by atoms with E-state index >= 15 is 0 Å². The monoisotopic (exact) mass is 537 g/mol. The molecule has 0 aromatic heterocycles. The van der Waals surface area contributed by atoms with Crippen LogP contribution in [-0.2, 0) is 22.3 Å². The maximum absolute atomic E-state index is 12.8. The Kier molecular flexibility index (Phi) is 9.21. The Morgan fingerprint density at radius 2 is 1.81 bits per heavy atom. The number of rotatable bonds is 10. The molecule has 10 heteroatoms. The summed E-state index contributed by atoms with van der Waals surface area (Å²) in [6.45, 7) is 0.302. The van der Waals surface area contributed by atoms with Crippen LogP contribution in [0.25, 0.3) is 0 Å². The first-order valence-electron chi connectivity index (χ1n) is 10.6. The summed E-state index contributed by atoms with van der Waals surface area (Å²) in [5, 5.41) is 9.55. The van der Waals surface area contributed by atoms with Crippen molar-refractivity contribution in [2.24, 2.45) is 0 Å². The van der Waals surface area contributed by atoms with Crippen LogP contribution in [0.15, 0.2) is 60.7 Å². The number of carbonyl (C=O) groups is 1. The zero-order chi connectivity index (χ0) is 26.3. The molecule has 0 N–H and O–H groups in total. The van der Waals surface area contributed by atoms with Crippen LogP contribution in [0.3, 0.4) is 0 Å². The highest BCUT2D eigenvalue weighted by molar-refractivity contribution is 6.32. The second-order valence-electron chi connectivity index (χ2n) is 7.64. The van der Waals surface area contributed by atoms with Gasteiger partial charge in [0.1, 0.15) is 23.2 Å². The van der Waals surface area contributed by atoms with E-state index in [-0.39, 0.29) is 46.1 Å². The minimum absolute atomic E-state index is 0.0145. The molecule has 3 rings (SSSR count). The van der Waals surface area contributed by atoms with Crippen molar-refractivity contribution in [3.8, 4) is 23.3 Å². The number of hydrogen-bond donors (Lipinski definition) is 0. The van der Waals surface area contributed by atoms with Crippen molar-refractivity contribution in [1.29, 1.82) is 5.26 Å². The first-order valence-corrected chi connectivity index (χ1v) is 11.3. The van der Waals surface area contributed by atoms with E-state index in [9.17, 15) is 23.2 Å². The third-order valence-corrected chi connectivity index (χ3v) is 5.65. The standard InChI is InChI=1S/C26H20Cl2F3NO4/c1-34-15-16-3-2-4-17(11-16)20(14-32)23(33)9-10-35-25-13-19(6-7-21(25)27)36-24-8-5-18(12-22(24)28)26(29,30)31/h2-8,11-13,20H,9-10,15H2,1H3. The maximum atomic E-state index is 12.8. The zero-order valence-electron chi connectivity index (χ0n) is 18.9. The van der Waals surface area contributed by atoms with Crippen LogP contribution < -0.4 is 9.47 Å². The molecule has 0 saturated carbocycles. The second-order valence-corrected chi connectivity index (χ2v) is 8.46. The summed E-state index contributed by atoms with van der Waals surface area (Å²) in [5.41, 5.74) is 0.515. The van der Waals surface area contributed by atoms with E-state index in [1.165, 1.54) is 18.2 Å². The molecule has 188 valence electrons. The Morgan fingerprint density at radius 3 is 2.47 bits per heavy atom. The quantitative estimate of drug-likeness (QED) is 0.266. The number of ether oxygens (including phenoxy) is 3. The molecule has 0 spiro atoms. The van der Waals surface area contributed by atoms with Gasteiger partial charge in [0.2, 0.25) is 0 Å². The van der Waals surface area contributed by atoms with Crippen LogP contribution in [0.5, 0.6) is 17.2 Å². The van der Waals surface area contributed by atoms with E-state index in [2.05, 4.69) is 0 Å². The number of methoxy groups -OCH3 is 1. The van der Waals surface area contributed by atoms with Crippen LogP contribution in [0.1, 0.15) is 29.0 Å². The number of benzene rings is 3. The number of ketones is 1. The third kappa shape index (κ3) is 7.14. The number of nitrogens with zero attached hydrogens (tertiary/aromatic N) is 1. The molecule has 0 aliphatic rings. The Balaban J connectivity index is 1.65. The van der Waals surface area contributed by atoms with Gasteiger partial charge >= 0.3 is 6.18 Å². The highest BCUT2D eigenvalue weighted by Gasteiger charge is 2.31. The molecule has 36 heavy (non-hydrogen) atoms. The summed E-state index contributed by atoms with van der Waals surface area (Å²) in [6.07, 6.45) is -4.59. The lowest BCUT2D eigenvalue weighted by molar-refractivity contribution is -0.137. The van der Waals surface area contributed by atoms with Crippen LogP contribution in [0.4, 0.5) is 13.2 Å². The van der Waals surface area contributed by atoms with Crippen molar-refractivity contribution < 1.29 is 32.2 Å². The molecule has 0 radical (unpaired) electrons. The van der Waals surface area contributed by atoms with Gasteiger partial charge in [0.15, 0.2) is 5.78 Å². The van der Waals surface area contributed by atoms with E-state index in [1.54, 1.807) is 25.3 Å². The summed E-state index contributed by atoms with van der Waals surface area (Å²) in [7, 11) is 1.56. The highest BCUT2D eigenvalue weighted by atomic mass is 35.5. The first kappa shape index (κ1) is 27.3. The Labute approximate surface area is 215 Å². The Morgan fingerprint density at radius 1 is 1.03 bits per heavy atom. The van der Waals surface area contributed by atoms with Crippen molar-refractivity contribution in [3.05, 3.63) is 87.4 Å². The molecule has 5 nitrogen and oxygen atoms in total. The van der Waals surface area contributed by atoms with Gasteiger partial charge in [0, 0.05) is 19.6 Å². The van der Waals surface area contributed by atoms with Gasteiger partial charge < -0.3 is 14.2 Å². The average Bonchev–Trinajstić information content (AvgIpc) is 2.82. The smallest absolute Gasteiger partial charge is 0.416 e. The summed E-state index contributed by atoms with van der Waals surface area (Å²) in [6, 6.07) is 16.2. The molecular weight excluding hydrogens is 518 g/mol. The summed E-state index contributed by atoms with van der Waals surface area (Å²) < 4.78 is 54.8. The number of Topliss-reactive ketones (excluding diaryl/α,β-unsaturated/α-hetero) is 1. The SMILES string of the molecule is COCc1cccc(C(C#N)C(=O)CCOc2cc(Oc3ccc(C(F)(F)F)cc3Cl)ccc2Cl)c1. The van der Waals surface area contributed by atoms with Gasteiger partial charge in [-0.25, -0.2) is 0 Å². The van der Waals surface area contributed by atoms with Gasteiger partial charge in [-0.1, -0.05) is 47.5 Å². The lowest BCUT2D eigenvalue weighted by Crippen LogP contribution is -2.14. The van der Waals surface area contributed by atoms with Crippen LogP contribution >= 0.6 is 23.2 Å². The minimum atomic E-state index is -4.53. The molecule has 0 aliphatic heterocycles. The molecular formula is C26H20Cl2F3NO4. The molecule has 0 amide bonds. The van der Waals surface area contributed by atoms with E-state index < -0.39 is 17.7 Å². The molecule has 3 aromatic rings. The van der Waals surface area contributed by atoms with Gasteiger partial charge in [-0.05, 0) is 41.5 Å². The molecule has 0 bridgehead atoms. The van der Waals surface area contributed by atoms with Gasteiger partial charge in [-0.2, -0.15) is 18.4 Å². The van der Waals surface area contributed by atoms with Gasteiger partial charge in [0.05, 0.1) is 34.9 Å². The summed E-state index contributed by atoms with van der Waals surface area (Å²) in [4.78, 5) is 12.7. The van der Waals surface area contributed by atoms with Crippen LogP contribution in [-0.4, -0.2) is 19.5 Å². The average molecular weight is 538 g/mol. The fraction of sp³-hybridized carbons (Fsp3) is 0.231. The second kappa shape index (κ2) is 12.1. The van der Waals surface area contributed by atoms with Crippen molar-refractivity contribution in [1.82, 2.24) is 0 Å². The number of hydrogen-bond acceptors (Lipinski definition) is 5. The third-order valence-electron chi connectivity index (χ3n) is 5.04. The lowest BCUT2D eigenvalue weighted by Gasteiger charge is -2.14. The number of carbonyl (C=O) groups excluding carboxylic acids is 1. The molecule has 1 unspecified atom stereocenters. The van der Waals surface area contributed by atoms with Gasteiger partial charge in [-0.3, -0.25) is 4.79 Å². The van der Waals surface area contributed by atoms with Crippen molar-refractivity contribution in [2.75, 3.05) is 13.7 Å². The Bertz CT molecular complexity index is 1270. The molecule has 0 aliphatic carbocycles. The maximum Gasteiger partial charge on any atom is 0.416 e. The summed E-state index contributed by atoms with van der Waals surface area (Å²) in [5.74, 6) is -0.863. The molecule has 0 fully saturated rings. The van der Waals surface area contributed by atoms with E-state index in [0.717, 1.165) is 23.8 Å². The fourth-order valence-electron chi connectivity index (χ4n) is 3.31. The molecule has 1 atom stereocenters. The number of alkyl halides is 3. The predicted molar refractivity (Wildman–Crippen MR) is 129 cm³/mol. The summed E-state index contributed by atoms with van der Waals surface area (Å²) >= 11 is 12.1. The Hall–Kier alpha value is -3.25.